The molecule has 1 aromatic carbocycles. The molecule has 4 heteroatoms. The quantitative estimate of drug-likeness (QED) is 0.835. The van der Waals surface area contributed by atoms with Crippen LogP contribution in [0.1, 0.15) is 12.0 Å². The lowest BCUT2D eigenvalue weighted by molar-refractivity contribution is 0.174. The SMILES string of the molecule is c1cc2c(cc1CNC1CCOC1)OCO2. The zero-order valence-corrected chi connectivity index (χ0v) is 9.07. The van der Waals surface area contributed by atoms with Crippen LogP contribution in [0.4, 0.5) is 0 Å². The minimum Gasteiger partial charge on any atom is -0.454 e. The third-order valence-electron chi connectivity index (χ3n) is 2.96. The Balaban J connectivity index is 1.61. The van der Waals surface area contributed by atoms with Gasteiger partial charge in [0.2, 0.25) is 6.79 Å². The Kier molecular flexibility index (Phi) is 2.68. The number of nitrogens with one attached hydrogen (secondary N) is 1. The minimum absolute atomic E-state index is 0.336. The molecule has 0 aliphatic carbocycles. The lowest BCUT2D eigenvalue weighted by Gasteiger charge is -2.10. The average molecular weight is 221 g/mol. The zero-order valence-electron chi connectivity index (χ0n) is 9.07. The molecule has 1 saturated heterocycles. The predicted molar refractivity (Wildman–Crippen MR) is 58.6 cm³/mol. The van der Waals surface area contributed by atoms with E-state index >= 15 is 0 Å². The van der Waals surface area contributed by atoms with E-state index < -0.39 is 0 Å². The topological polar surface area (TPSA) is 39.7 Å². The molecule has 16 heavy (non-hydrogen) atoms. The van der Waals surface area contributed by atoms with Crippen LogP contribution >= 0.6 is 0 Å². The highest BCUT2D eigenvalue weighted by molar-refractivity contribution is 5.44. The number of benzene rings is 1. The van der Waals surface area contributed by atoms with E-state index in [1.54, 1.807) is 0 Å². The summed E-state index contributed by atoms with van der Waals surface area (Å²) in [6.45, 7) is 2.89. The molecule has 2 aliphatic rings. The summed E-state index contributed by atoms with van der Waals surface area (Å²) in [5.74, 6) is 1.69. The molecule has 0 spiro atoms. The third kappa shape index (κ3) is 1.99. The minimum atomic E-state index is 0.336. The Morgan fingerprint density at radius 2 is 2.19 bits per heavy atom. The molecule has 1 N–H and O–H groups in total. The van der Waals surface area contributed by atoms with E-state index in [9.17, 15) is 0 Å². The van der Waals surface area contributed by atoms with Gasteiger partial charge in [0.15, 0.2) is 11.5 Å². The Morgan fingerprint density at radius 3 is 3.06 bits per heavy atom. The van der Waals surface area contributed by atoms with Gasteiger partial charge in [0.05, 0.1) is 6.61 Å². The van der Waals surface area contributed by atoms with E-state index in [4.69, 9.17) is 14.2 Å². The van der Waals surface area contributed by atoms with Gasteiger partial charge in [-0.3, -0.25) is 0 Å². The summed E-state index contributed by atoms with van der Waals surface area (Å²) >= 11 is 0. The van der Waals surface area contributed by atoms with E-state index in [2.05, 4.69) is 11.4 Å². The van der Waals surface area contributed by atoms with Crippen LogP contribution in [-0.4, -0.2) is 26.0 Å². The molecule has 0 bridgehead atoms. The summed E-state index contributed by atoms with van der Waals surface area (Å²) in [6.07, 6.45) is 1.10. The summed E-state index contributed by atoms with van der Waals surface area (Å²) in [5, 5.41) is 3.47. The summed E-state index contributed by atoms with van der Waals surface area (Å²) < 4.78 is 15.9. The van der Waals surface area contributed by atoms with Crippen LogP contribution in [0.3, 0.4) is 0 Å². The van der Waals surface area contributed by atoms with E-state index in [0.717, 1.165) is 37.7 Å². The molecule has 2 heterocycles. The van der Waals surface area contributed by atoms with Crippen molar-refractivity contribution in [2.75, 3.05) is 20.0 Å². The fourth-order valence-electron chi connectivity index (χ4n) is 2.01. The normalized spacial score (nSPS) is 22.6. The molecule has 2 aliphatic heterocycles. The lowest BCUT2D eigenvalue weighted by atomic mass is 10.2. The van der Waals surface area contributed by atoms with Crippen LogP contribution in [0.15, 0.2) is 18.2 Å². The molecule has 3 rings (SSSR count). The number of hydrogen-bond acceptors (Lipinski definition) is 4. The smallest absolute Gasteiger partial charge is 0.231 e. The Bertz CT molecular complexity index is 375. The highest BCUT2D eigenvalue weighted by Crippen LogP contribution is 2.32. The van der Waals surface area contributed by atoms with Crippen molar-refractivity contribution in [2.24, 2.45) is 0 Å². The van der Waals surface area contributed by atoms with Crippen LogP contribution in [0.25, 0.3) is 0 Å². The van der Waals surface area contributed by atoms with Gasteiger partial charge in [0, 0.05) is 19.2 Å². The van der Waals surface area contributed by atoms with Crippen molar-refractivity contribution in [1.82, 2.24) is 5.32 Å². The van der Waals surface area contributed by atoms with Gasteiger partial charge in [0.25, 0.3) is 0 Å². The number of fused-ring (bicyclic) bond motifs is 1. The Hall–Kier alpha value is -1.26. The second-order valence-corrected chi connectivity index (χ2v) is 4.13. The van der Waals surface area contributed by atoms with E-state index in [0.29, 0.717) is 12.8 Å². The predicted octanol–water partition coefficient (Wildman–Crippen LogP) is 1.29. The molecule has 0 saturated carbocycles. The van der Waals surface area contributed by atoms with Crippen LogP contribution in [0.2, 0.25) is 0 Å². The van der Waals surface area contributed by atoms with Gasteiger partial charge in [-0.25, -0.2) is 0 Å². The van der Waals surface area contributed by atoms with E-state index in [-0.39, 0.29) is 0 Å². The third-order valence-corrected chi connectivity index (χ3v) is 2.96. The van der Waals surface area contributed by atoms with E-state index in [1.165, 1.54) is 5.56 Å². The van der Waals surface area contributed by atoms with Gasteiger partial charge in [-0.1, -0.05) is 6.07 Å². The average Bonchev–Trinajstić information content (AvgIpc) is 2.97. The molecule has 86 valence electrons. The fraction of sp³-hybridized carbons (Fsp3) is 0.500. The maximum atomic E-state index is 5.34. The van der Waals surface area contributed by atoms with Crippen molar-refractivity contribution in [3.63, 3.8) is 0 Å². The van der Waals surface area contributed by atoms with Gasteiger partial charge >= 0.3 is 0 Å². The first-order chi connectivity index (χ1) is 7.92. The molecule has 0 amide bonds. The van der Waals surface area contributed by atoms with Crippen molar-refractivity contribution in [1.29, 1.82) is 0 Å². The first kappa shape index (κ1) is 9.93. The zero-order chi connectivity index (χ0) is 10.8. The molecule has 4 nitrogen and oxygen atoms in total. The maximum Gasteiger partial charge on any atom is 0.231 e. The summed E-state index contributed by atoms with van der Waals surface area (Å²) in [7, 11) is 0. The molecule has 1 atom stereocenters. The van der Waals surface area contributed by atoms with Crippen LogP contribution in [-0.2, 0) is 11.3 Å². The van der Waals surface area contributed by atoms with Gasteiger partial charge < -0.3 is 19.5 Å². The summed E-state index contributed by atoms with van der Waals surface area (Å²) in [5.41, 5.74) is 1.22. The van der Waals surface area contributed by atoms with Crippen molar-refractivity contribution in [3.05, 3.63) is 23.8 Å². The maximum absolute atomic E-state index is 5.34. The highest BCUT2D eigenvalue weighted by Gasteiger charge is 2.16. The molecule has 1 unspecified atom stereocenters. The van der Waals surface area contributed by atoms with Crippen LogP contribution < -0.4 is 14.8 Å². The molecule has 0 radical (unpaired) electrons. The van der Waals surface area contributed by atoms with Crippen molar-refractivity contribution < 1.29 is 14.2 Å². The first-order valence-corrected chi connectivity index (χ1v) is 5.61. The second-order valence-electron chi connectivity index (χ2n) is 4.13. The standard InChI is InChI=1S/C12H15NO3/c1-2-11-12(16-8-15-11)5-9(1)6-13-10-3-4-14-7-10/h1-2,5,10,13H,3-4,6-8H2. The highest BCUT2D eigenvalue weighted by atomic mass is 16.7. The molecular weight excluding hydrogens is 206 g/mol. The molecular formula is C12H15NO3. The first-order valence-electron chi connectivity index (χ1n) is 5.61. The van der Waals surface area contributed by atoms with Crippen LogP contribution in [0, 0.1) is 0 Å². The largest absolute Gasteiger partial charge is 0.454 e. The van der Waals surface area contributed by atoms with Crippen LogP contribution in [0.5, 0.6) is 11.5 Å². The summed E-state index contributed by atoms with van der Waals surface area (Å²) in [6, 6.07) is 6.55. The second kappa shape index (κ2) is 4.31. The van der Waals surface area contributed by atoms with Gasteiger partial charge in [-0.2, -0.15) is 0 Å². The summed E-state index contributed by atoms with van der Waals surface area (Å²) in [4.78, 5) is 0. The van der Waals surface area contributed by atoms with E-state index in [1.807, 2.05) is 12.1 Å². The van der Waals surface area contributed by atoms with Crippen molar-refractivity contribution >= 4 is 0 Å². The van der Waals surface area contributed by atoms with Gasteiger partial charge in [-0.15, -0.1) is 0 Å². The molecule has 0 aromatic heterocycles. The lowest BCUT2D eigenvalue weighted by Crippen LogP contribution is -2.28. The number of rotatable bonds is 3. The van der Waals surface area contributed by atoms with Gasteiger partial charge in [0.1, 0.15) is 0 Å². The molecule has 1 aromatic rings. The number of ether oxygens (including phenoxy) is 3. The Morgan fingerprint density at radius 1 is 1.25 bits per heavy atom. The van der Waals surface area contributed by atoms with Gasteiger partial charge in [-0.05, 0) is 24.1 Å². The van der Waals surface area contributed by atoms with Crippen molar-refractivity contribution in [2.45, 2.75) is 19.0 Å². The fourth-order valence-corrected chi connectivity index (χ4v) is 2.01. The molecule has 1 fully saturated rings. The Labute approximate surface area is 94.5 Å². The monoisotopic (exact) mass is 221 g/mol. The van der Waals surface area contributed by atoms with Crippen molar-refractivity contribution in [3.8, 4) is 11.5 Å². The number of hydrogen-bond donors (Lipinski definition) is 1.